The number of aliphatic hydroxyl groups is 5. The third kappa shape index (κ3) is 23.5. The number of Topliss-reactive ketones (excluding diaryl/α,β-unsaturated/α-hetero) is 1. The molecule has 0 unspecified atom stereocenters. The maximum atomic E-state index is 14.1. The number of cyclic esters (lactones) is 1. The lowest BCUT2D eigenvalue weighted by molar-refractivity contribution is -0.318. The monoisotopic (exact) mass is 1080 g/mol. The van der Waals surface area contributed by atoms with Crippen molar-refractivity contribution in [1.82, 2.24) is 4.90 Å². The zero-order chi connectivity index (χ0) is 57.4. The van der Waals surface area contributed by atoms with E-state index in [1.165, 1.54) is 111 Å². The van der Waals surface area contributed by atoms with Crippen LogP contribution in [0, 0.1) is 23.7 Å². The summed E-state index contributed by atoms with van der Waals surface area (Å²) < 4.78 is 37.1. The number of aliphatic hydroxyl groups excluding tert-OH is 3. The molecule has 0 bridgehead atoms. The van der Waals surface area contributed by atoms with Gasteiger partial charge in [0.25, 0.3) is 5.97 Å². The number of carboxylic acids is 2. The molecule has 18 nitrogen and oxygen atoms in total. The highest BCUT2D eigenvalue weighted by molar-refractivity contribution is 5.83. The number of unbranched alkanes of at least 4 members (excludes halogenated alkanes) is 14. The number of rotatable bonds is 23. The Morgan fingerprint density at radius 1 is 0.720 bits per heavy atom. The molecule has 0 aliphatic carbocycles. The number of carboxylic acid groups (broad SMARTS) is 2. The van der Waals surface area contributed by atoms with Crippen LogP contribution in [0.2, 0.25) is 0 Å². The first-order valence-electron chi connectivity index (χ1n) is 28.4. The van der Waals surface area contributed by atoms with Crippen molar-refractivity contribution in [1.29, 1.82) is 0 Å². The molecule has 3 rings (SSSR count). The second-order valence-electron chi connectivity index (χ2n) is 23.1. The summed E-state index contributed by atoms with van der Waals surface area (Å²) in [7, 11) is 5.18. The number of ether oxygens (including phenoxy) is 6. The topological polar surface area (TPSA) is 269 Å². The average Bonchev–Trinajstić information content (AvgIpc) is 3.33. The summed E-state index contributed by atoms with van der Waals surface area (Å²) in [6.07, 6.45) is 10.5. The molecule has 75 heavy (non-hydrogen) atoms. The molecule has 3 fully saturated rings. The molecule has 7 N–H and O–H groups in total. The fourth-order valence-electron chi connectivity index (χ4n) is 11.1. The predicted molar refractivity (Wildman–Crippen MR) is 287 cm³/mol. The van der Waals surface area contributed by atoms with Crippen LogP contribution in [0.1, 0.15) is 212 Å². The molecule has 0 aromatic rings. The molecule has 3 aliphatic rings. The molecule has 18 atom stereocenters. The van der Waals surface area contributed by atoms with Gasteiger partial charge in [0.05, 0.1) is 47.6 Å². The van der Waals surface area contributed by atoms with Crippen molar-refractivity contribution in [2.75, 3.05) is 21.2 Å². The van der Waals surface area contributed by atoms with Gasteiger partial charge < -0.3 is 69.1 Å². The van der Waals surface area contributed by atoms with Crippen molar-refractivity contribution in [2.24, 2.45) is 23.7 Å². The summed E-state index contributed by atoms with van der Waals surface area (Å²) in [5.41, 5.74) is -4.84. The van der Waals surface area contributed by atoms with Gasteiger partial charge >= 0.3 is 11.9 Å². The van der Waals surface area contributed by atoms with Gasteiger partial charge in [0, 0.05) is 50.7 Å². The molecular formula is C57H107NO17. The van der Waals surface area contributed by atoms with E-state index in [1.807, 2.05) is 25.9 Å². The van der Waals surface area contributed by atoms with Crippen molar-refractivity contribution in [3.05, 3.63) is 0 Å². The molecule has 3 saturated heterocycles. The second-order valence-corrected chi connectivity index (χ2v) is 23.1. The molecule has 0 radical (unpaired) electrons. The van der Waals surface area contributed by atoms with Crippen molar-refractivity contribution in [2.45, 2.75) is 296 Å². The standard InChI is InChI=1S/C37H67NO13.C18H36O2.C2H4O2/c1-14-25-37(10,45)30(41)20(4)27(39)18(2)16-35(8,44)32(51-34-28(40)24(38(11)12)15-19(3)47-34)21(5)29(22(6)33(43)49-25)50-26-17-36(9,46-13)31(42)23(7)48-26;1-2-3-4-5-6-7-8-9-10-11-12-13-14-15-16-17-18(19)20;1-2(3)4/h18-26,28-32,34,40-42,44-45H,14-17H2,1-13H3;2-17H2,1H3,(H,19,20);1H3,(H,3,4)/t18-,19-,20+,21-,22-,23+,24+,25-,26+,28-,29+,30+,31+,32-,34+,35-,36-,37-;;/m1../s1. The van der Waals surface area contributed by atoms with Crippen LogP contribution in [-0.4, -0.2) is 170 Å². The lowest BCUT2D eigenvalue weighted by atomic mass is 9.74. The zero-order valence-corrected chi connectivity index (χ0v) is 49.0. The highest BCUT2D eigenvalue weighted by Gasteiger charge is 2.53. The van der Waals surface area contributed by atoms with Gasteiger partial charge in [0.2, 0.25) is 0 Å². The molecule has 0 aromatic carbocycles. The fraction of sp³-hybridized carbons (Fsp3) is 0.930. The number of hydrogen-bond acceptors (Lipinski definition) is 16. The van der Waals surface area contributed by atoms with E-state index in [4.69, 9.17) is 43.4 Å². The first kappa shape index (κ1) is 70.7. The van der Waals surface area contributed by atoms with E-state index in [1.54, 1.807) is 41.5 Å². The van der Waals surface area contributed by atoms with Crippen molar-refractivity contribution >= 4 is 23.7 Å². The van der Waals surface area contributed by atoms with Gasteiger partial charge in [-0.3, -0.25) is 19.2 Å². The molecule has 442 valence electrons. The Morgan fingerprint density at radius 2 is 1.21 bits per heavy atom. The number of aliphatic carboxylic acids is 2. The molecule has 0 saturated carbocycles. The number of likely N-dealkylation sites (N-methyl/N-ethyl adjacent to an activating group) is 1. The number of hydrogen-bond donors (Lipinski definition) is 7. The summed E-state index contributed by atoms with van der Waals surface area (Å²) in [5.74, 6) is -6.46. The smallest absolute Gasteiger partial charge is 0.311 e. The third-order valence-corrected chi connectivity index (χ3v) is 15.8. The summed E-state index contributed by atoms with van der Waals surface area (Å²) in [5, 5.41) is 73.5. The van der Waals surface area contributed by atoms with Gasteiger partial charge in [0.15, 0.2) is 12.6 Å². The van der Waals surface area contributed by atoms with E-state index in [0.29, 0.717) is 12.8 Å². The largest absolute Gasteiger partial charge is 0.481 e. The molecule has 3 heterocycles. The Morgan fingerprint density at radius 3 is 1.67 bits per heavy atom. The Balaban J connectivity index is 0.000000974. The molecule has 0 amide bonds. The number of carbonyl (C=O) groups excluding carboxylic acids is 2. The highest BCUT2D eigenvalue weighted by atomic mass is 16.7. The quantitative estimate of drug-likeness (QED) is 0.0375. The Kier molecular flexibility index (Phi) is 32.6. The number of ketones is 1. The lowest BCUT2D eigenvalue weighted by Crippen LogP contribution is -2.61. The SMILES string of the molecule is CC(=O)O.CCCCCCCCCCCCCCCCCC(=O)O.CC[C@H]1OC(=O)[C@H](C)[C@@H](O[C@H]2C[C@@](C)(OC)[C@@H](O)[C@H](C)O2)[C@@H](C)[C@@H](O[C@@H]2O[C@H](C)C[C@H](N(C)C)[C@H]2O)[C@](C)(O)C[C@@H](C)C(=O)[C@H](C)[C@H](O)[C@]1(C)O. The van der Waals surface area contributed by atoms with Crippen LogP contribution in [0.3, 0.4) is 0 Å². The van der Waals surface area contributed by atoms with Gasteiger partial charge in [0.1, 0.15) is 29.7 Å². The van der Waals surface area contributed by atoms with E-state index in [0.717, 1.165) is 19.8 Å². The van der Waals surface area contributed by atoms with Crippen molar-refractivity contribution in [3.63, 3.8) is 0 Å². The first-order valence-corrected chi connectivity index (χ1v) is 28.4. The molecular weight excluding hydrogens is 971 g/mol. The number of carbonyl (C=O) groups is 4. The van der Waals surface area contributed by atoms with Crippen LogP contribution in [0.25, 0.3) is 0 Å². The van der Waals surface area contributed by atoms with E-state index < -0.39 is 119 Å². The average molecular weight is 1080 g/mol. The van der Waals surface area contributed by atoms with Crippen LogP contribution < -0.4 is 0 Å². The summed E-state index contributed by atoms with van der Waals surface area (Å²) in [6, 6.07) is -0.324. The van der Waals surface area contributed by atoms with Crippen LogP contribution in [0.5, 0.6) is 0 Å². The van der Waals surface area contributed by atoms with Crippen LogP contribution >= 0.6 is 0 Å². The third-order valence-electron chi connectivity index (χ3n) is 15.8. The number of nitrogens with zero attached hydrogens (tertiary/aromatic N) is 1. The van der Waals surface area contributed by atoms with Gasteiger partial charge in [-0.25, -0.2) is 0 Å². The molecule has 0 spiro atoms. The predicted octanol–water partition coefficient (Wildman–Crippen LogP) is 8.21. The second kappa shape index (κ2) is 34.6. The lowest BCUT2D eigenvalue weighted by Gasteiger charge is -2.49. The summed E-state index contributed by atoms with van der Waals surface area (Å²) >= 11 is 0. The van der Waals surface area contributed by atoms with Gasteiger partial charge in [-0.15, -0.1) is 0 Å². The fourth-order valence-corrected chi connectivity index (χ4v) is 11.1. The summed E-state index contributed by atoms with van der Waals surface area (Å²) in [6.45, 7) is 19.7. The zero-order valence-electron chi connectivity index (χ0n) is 49.0. The number of methoxy groups -OCH3 is 1. The maximum absolute atomic E-state index is 14.1. The minimum absolute atomic E-state index is 0.0936. The van der Waals surface area contributed by atoms with E-state index in [-0.39, 0.29) is 31.4 Å². The van der Waals surface area contributed by atoms with E-state index in [9.17, 15) is 39.9 Å². The van der Waals surface area contributed by atoms with Crippen LogP contribution in [0.4, 0.5) is 0 Å². The molecule has 0 aromatic heterocycles. The van der Waals surface area contributed by atoms with Gasteiger partial charge in [-0.1, -0.05) is 125 Å². The van der Waals surface area contributed by atoms with Crippen LogP contribution in [0.15, 0.2) is 0 Å². The highest BCUT2D eigenvalue weighted by Crippen LogP contribution is 2.41. The minimum atomic E-state index is -1.99. The Hall–Kier alpha value is -2.36. The Bertz CT molecular complexity index is 1630. The maximum Gasteiger partial charge on any atom is 0.311 e. The molecule has 3 aliphatic heterocycles. The van der Waals surface area contributed by atoms with E-state index >= 15 is 0 Å². The first-order chi connectivity index (χ1) is 34.9. The normalized spacial score (nSPS) is 37.1. The van der Waals surface area contributed by atoms with Crippen molar-refractivity contribution < 1.29 is 83.3 Å². The van der Waals surface area contributed by atoms with Crippen molar-refractivity contribution in [3.8, 4) is 0 Å². The van der Waals surface area contributed by atoms with Gasteiger partial charge in [-0.2, -0.15) is 0 Å². The number of esters is 1. The van der Waals surface area contributed by atoms with Crippen LogP contribution in [-0.2, 0) is 47.6 Å². The Labute approximate surface area is 451 Å². The van der Waals surface area contributed by atoms with Gasteiger partial charge in [-0.05, 0) is 81.3 Å². The summed E-state index contributed by atoms with van der Waals surface area (Å²) in [4.78, 5) is 49.1. The molecule has 18 heteroatoms. The van der Waals surface area contributed by atoms with E-state index in [2.05, 4.69) is 6.92 Å². The minimum Gasteiger partial charge on any atom is -0.481 e.